The van der Waals surface area contributed by atoms with E-state index >= 15 is 0 Å². The maximum Gasteiger partial charge on any atom is 0.406 e. The number of halogens is 3. The molecule has 1 N–H and O–H groups in total. The molecule has 19 heavy (non-hydrogen) atoms. The molecular weight excluding hydrogens is 263 g/mol. The van der Waals surface area contributed by atoms with Gasteiger partial charge in [0.2, 0.25) is 5.91 Å². The third kappa shape index (κ3) is 2.86. The normalized spacial score (nSPS) is 15.3. The zero-order chi connectivity index (χ0) is 14.2. The number of rotatable bonds is 2. The Hall–Kier alpha value is -2.05. The number of benzene rings is 1. The number of carbonyl (C=O) groups excluding carboxylic acids is 1. The van der Waals surface area contributed by atoms with Crippen molar-refractivity contribution in [3.8, 4) is 0 Å². The van der Waals surface area contributed by atoms with Crippen molar-refractivity contribution in [1.82, 2.24) is 0 Å². The smallest absolute Gasteiger partial charge is 0.406 e. The number of amides is 1. The topological polar surface area (TPSA) is 57.6 Å². The van der Waals surface area contributed by atoms with E-state index < -0.39 is 24.6 Å². The van der Waals surface area contributed by atoms with Crippen molar-refractivity contribution < 1.29 is 27.9 Å². The van der Waals surface area contributed by atoms with Gasteiger partial charge in [-0.1, -0.05) is 0 Å². The van der Waals surface area contributed by atoms with Gasteiger partial charge < -0.3 is 10.0 Å². The Labute approximate surface area is 106 Å². The van der Waals surface area contributed by atoms with Crippen LogP contribution in [0.5, 0.6) is 0 Å². The number of carbonyl (C=O) groups is 2. The highest BCUT2D eigenvalue weighted by atomic mass is 19.4. The zero-order valence-corrected chi connectivity index (χ0v) is 9.70. The van der Waals surface area contributed by atoms with Crippen molar-refractivity contribution in [3.63, 3.8) is 0 Å². The molecule has 0 radical (unpaired) electrons. The average molecular weight is 273 g/mol. The van der Waals surface area contributed by atoms with Crippen LogP contribution in [0.4, 0.5) is 18.9 Å². The van der Waals surface area contributed by atoms with Gasteiger partial charge in [-0.25, -0.2) is 4.79 Å². The number of carboxylic acid groups (broad SMARTS) is 1. The summed E-state index contributed by atoms with van der Waals surface area (Å²) in [5.41, 5.74) is 0.586. The van der Waals surface area contributed by atoms with Crippen molar-refractivity contribution in [1.29, 1.82) is 0 Å². The van der Waals surface area contributed by atoms with Crippen molar-refractivity contribution in [2.75, 3.05) is 11.4 Å². The van der Waals surface area contributed by atoms with E-state index in [9.17, 15) is 22.8 Å². The molecule has 1 aromatic carbocycles. The minimum atomic E-state index is -4.49. The Morgan fingerprint density at radius 2 is 2.00 bits per heavy atom. The third-order valence-electron chi connectivity index (χ3n) is 2.86. The number of carboxylic acids is 1. The molecule has 1 amide bonds. The van der Waals surface area contributed by atoms with Gasteiger partial charge >= 0.3 is 12.1 Å². The number of fused-ring (bicyclic) bond motifs is 1. The van der Waals surface area contributed by atoms with Gasteiger partial charge in [-0.15, -0.1) is 0 Å². The van der Waals surface area contributed by atoms with Gasteiger partial charge in [0.1, 0.15) is 6.54 Å². The molecule has 102 valence electrons. The zero-order valence-electron chi connectivity index (χ0n) is 9.70. The fourth-order valence-electron chi connectivity index (χ4n) is 2.05. The lowest BCUT2D eigenvalue weighted by Crippen LogP contribution is -2.41. The highest BCUT2D eigenvalue weighted by Crippen LogP contribution is 2.31. The Bertz CT molecular complexity index is 540. The van der Waals surface area contributed by atoms with Gasteiger partial charge in [0.25, 0.3) is 0 Å². The lowest BCUT2D eigenvalue weighted by molar-refractivity contribution is -0.132. The number of nitrogens with zero attached hydrogens (tertiary/aromatic N) is 1. The second-order valence-electron chi connectivity index (χ2n) is 4.24. The molecule has 0 saturated heterocycles. The molecule has 0 spiro atoms. The van der Waals surface area contributed by atoms with Crippen LogP contribution in [0.2, 0.25) is 0 Å². The fraction of sp³-hybridized carbons (Fsp3) is 0.333. The van der Waals surface area contributed by atoms with Gasteiger partial charge in [0.05, 0.1) is 5.56 Å². The number of anilines is 1. The number of aryl methyl sites for hydroxylation is 1. The molecule has 7 heteroatoms. The summed E-state index contributed by atoms with van der Waals surface area (Å²) in [6, 6.07) is 3.76. The van der Waals surface area contributed by atoms with Gasteiger partial charge in [-0.2, -0.15) is 13.2 Å². The largest absolute Gasteiger partial charge is 0.478 e. The summed E-state index contributed by atoms with van der Waals surface area (Å²) in [5, 5.41) is 8.83. The van der Waals surface area contributed by atoms with Crippen LogP contribution in [0.1, 0.15) is 22.3 Å². The quantitative estimate of drug-likeness (QED) is 0.898. The summed E-state index contributed by atoms with van der Waals surface area (Å²) in [6.45, 7) is -1.36. The van der Waals surface area contributed by atoms with Crippen LogP contribution >= 0.6 is 0 Å². The van der Waals surface area contributed by atoms with Gasteiger partial charge in [-0.05, 0) is 30.2 Å². The SMILES string of the molecule is O=C(O)c1ccc2c(c1)CCC(=O)N2CC(F)(F)F. The van der Waals surface area contributed by atoms with Crippen molar-refractivity contribution in [2.45, 2.75) is 19.0 Å². The first-order valence-corrected chi connectivity index (χ1v) is 5.51. The van der Waals surface area contributed by atoms with E-state index in [1.165, 1.54) is 18.2 Å². The summed E-state index contributed by atoms with van der Waals surface area (Å²) in [6.07, 6.45) is -4.29. The van der Waals surface area contributed by atoms with E-state index in [1.807, 2.05) is 0 Å². The van der Waals surface area contributed by atoms with Crippen LogP contribution < -0.4 is 4.90 Å². The van der Waals surface area contributed by atoms with Gasteiger partial charge in [-0.3, -0.25) is 4.79 Å². The number of hydrogen-bond donors (Lipinski definition) is 1. The Morgan fingerprint density at radius 1 is 1.32 bits per heavy atom. The highest BCUT2D eigenvalue weighted by Gasteiger charge is 2.36. The van der Waals surface area contributed by atoms with Crippen molar-refractivity contribution in [3.05, 3.63) is 29.3 Å². The number of aromatic carboxylic acids is 1. The van der Waals surface area contributed by atoms with E-state index in [-0.39, 0.29) is 24.1 Å². The highest BCUT2D eigenvalue weighted by molar-refractivity contribution is 5.97. The Morgan fingerprint density at radius 3 is 2.58 bits per heavy atom. The second kappa shape index (κ2) is 4.56. The minimum absolute atomic E-state index is 0.0000534. The van der Waals surface area contributed by atoms with E-state index in [1.54, 1.807) is 0 Å². The molecule has 0 aliphatic carbocycles. The predicted octanol–water partition coefficient (Wildman–Crippen LogP) is 2.23. The van der Waals surface area contributed by atoms with E-state index in [0.29, 0.717) is 10.5 Å². The first kappa shape index (κ1) is 13.4. The molecular formula is C12H10F3NO3. The fourth-order valence-corrected chi connectivity index (χ4v) is 2.05. The van der Waals surface area contributed by atoms with Crippen LogP contribution in [-0.4, -0.2) is 29.7 Å². The van der Waals surface area contributed by atoms with Crippen LogP contribution in [0.3, 0.4) is 0 Å². The predicted molar refractivity (Wildman–Crippen MR) is 60.1 cm³/mol. The molecule has 0 fully saturated rings. The standard InChI is InChI=1S/C12H10F3NO3/c13-12(14,15)6-16-9-3-1-8(11(18)19)5-7(9)2-4-10(16)17/h1,3,5H,2,4,6H2,(H,18,19). The van der Waals surface area contributed by atoms with Crippen LogP contribution in [0, 0.1) is 0 Å². The van der Waals surface area contributed by atoms with Crippen molar-refractivity contribution >= 4 is 17.6 Å². The van der Waals surface area contributed by atoms with Crippen LogP contribution in [0.15, 0.2) is 18.2 Å². The summed E-state index contributed by atoms with van der Waals surface area (Å²) in [7, 11) is 0. The molecule has 1 heterocycles. The van der Waals surface area contributed by atoms with E-state index in [2.05, 4.69) is 0 Å². The molecule has 0 bridgehead atoms. The molecule has 0 saturated carbocycles. The Balaban J connectivity index is 2.39. The van der Waals surface area contributed by atoms with E-state index in [4.69, 9.17) is 5.11 Å². The molecule has 4 nitrogen and oxygen atoms in total. The van der Waals surface area contributed by atoms with Crippen LogP contribution in [0.25, 0.3) is 0 Å². The molecule has 0 atom stereocenters. The van der Waals surface area contributed by atoms with Gasteiger partial charge in [0.15, 0.2) is 0 Å². The first-order chi connectivity index (χ1) is 8.78. The average Bonchev–Trinajstić information content (AvgIpc) is 2.31. The number of hydrogen-bond acceptors (Lipinski definition) is 2. The lowest BCUT2D eigenvalue weighted by atomic mass is 9.98. The van der Waals surface area contributed by atoms with E-state index in [0.717, 1.165) is 0 Å². The molecule has 1 aromatic rings. The maximum absolute atomic E-state index is 12.4. The lowest BCUT2D eigenvalue weighted by Gasteiger charge is -2.30. The monoisotopic (exact) mass is 273 g/mol. The summed E-state index contributed by atoms with van der Waals surface area (Å²) in [4.78, 5) is 23.0. The van der Waals surface area contributed by atoms with Crippen molar-refractivity contribution in [2.24, 2.45) is 0 Å². The molecule has 1 aliphatic rings. The molecule has 0 unspecified atom stereocenters. The maximum atomic E-state index is 12.4. The third-order valence-corrected chi connectivity index (χ3v) is 2.86. The van der Waals surface area contributed by atoms with Gasteiger partial charge in [0, 0.05) is 12.1 Å². The Kier molecular flexibility index (Phi) is 3.21. The van der Waals surface area contributed by atoms with Crippen LogP contribution in [-0.2, 0) is 11.2 Å². The molecule has 0 aromatic heterocycles. The summed E-state index contributed by atoms with van der Waals surface area (Å²) >= 11 is 0. The second-order valence-corrected chi connectivity index (χ2v) is 4.24. The summed E-state index contributed by atoms with van der Waals surface area (Å²) < 4.78 is 37.3. The number of alkyl halides is 3. The molecule has 1 aliphatic heterocycles. The first-order valence-electron chi connectivity index (χ1n) is 5.51. The summed E-state index contributed by atoms with van der Waals surface area (Å²) in [5.74, 6) is -1.75. The minimum Gasteiger partial charge on any atom is -0.478 e. The molecule has 2 rings (SSSR count).